The summed E-state index contributed by atoms with van der Waals surface area (Å²) < 4.78 is 11.3. The fourth-order valence-corrected chi connectivity index (χ4v) is 3.81. The van der Waals surface area contributed by atoms with Gasteiger partial charge in [-0.25, -0.2) is 0 Å². The van der Waals surface area contributed by atoms with Crippen LogP contribution in [0, 0.1) is 0 Å². The summed E-state index contributed by atoms with van der Waals surface area (Å²) >= 11 is 0. The zero-order valence-corrected chi connectivity index (χ0v) is 15.0. The average Bonchev–Trinajstić information content (AvgIpc) is 2.88. The van der Waals surface area contributed by atoms with Gasteiger partial charge in [0.15, 0.2) is 11.5 Å². The molecule has 0 amide bonds. The predicted octanol–water partition coefficient (Wildman–Crippen LogP) is 2.91. The van der Waals surface area contributed by atoms with Crippen molar-refractivity contribution in [3.63, 3.8) is 0 Å². The van der Waals surface area contributed by atoms with Gasteiger partial charge in [-0.05, 0) is 48.6 Å². The SMILES string of the molecule is COc1cc2c(c(CCCO)c1OC)CCNCC2c1ccccc1. The van der Waals surface area contributed by atoms with E-state index in [-0.39, 0.29) is 12.5 Å². The third kappa shape index (κ3) is 3.65. The largest absolute Gasteiger partial charge is 0.493 e. The maximum Gasteiger partial charge on any atom is 0.164 e. The van der Waals surface area contributed by atoms with Gasteiger partial charge in [0.05, 0.1) is 14.2 Å². The number of methoxy groups -OCH3 is 2. The van der Waals surface area contributed by atoms with Crippen LogP contribution in [0.2, 0.25) is 0 Å². The van der Waals surface area contributed by atoms with E-state index in [1.807, 2.05) is 0 Å². The number of hydrogen-bond acceptors (Lipinski definition) is 4. The van der Waals surface area contributed by atoms with Crippen molar-refractivity contribution in [2.45, 2.75) is 25.2 Å². The highest BCUT2D eigenvalue weighted by atomic mass is 16.5. The molecule has 0 spiro atoms. The number of aliphatic hydroxyl groups excluding tert-OH is 1. The van der Waals surface area contributed by atoms with Gasteiger partial charge in [0, 0.05) is 24.6 Å². The molecule has 1 unspecified atom stereocenters. The molecule has 2 N–H and O–H groups in total. The van der Waals surface area contributed by atoms with Crippen LogP contribution in [0.25, 0.3) is 0 Å². The Morgan fingerprint density at radius 3 is 2.64 bits per heavy atom. The lowest BCUT2D eigenvalue weighted by Gasteiger charge is -2.24. The second-order valence-electron chi connectivity index (χ2n) is 6.40. The summed E-state index contributed by atoms with van der Waals surface area (Å²) in [6, 6.07) is 12.7. The minimum Gasteiger partial charge on any atom is -0.493 e. The van der Waals surface area contributed by atoms with Gasteiger partial charge in [-0.1, -0.05) is 30.3 Å². The van der Waals surface area contributed by atoms with Gasteiger partial charge in [0.2, 0.25) is 0 Å². The van der Waals surface area contributed by atoms with Gasteiger partial charge in [-0.15, -0.1) is 0 Å². The van der Waals surface area contributed by atoms with E-state index in [4.69, 9.17) is 9.47 Å². The third-order valence-electron chi connectivity index (χ3n) is 4.98. The summed E-state index contributed by atoms with van der Waals surface area (Å²) in [5, 5.41) is 12.9. The van der Waals surface area contributed by atoms with Gasteiger partial charge >= 0.3 is 0 Å². The zero-order valence-electron chi connectivity index (χ0n) is 15.0. The fraction of sp³-hybridized carbons (Fsp3) is 0.429. The molecular formula is C21H27NO3. The van der Waals surface area contributed by atoms with Crippen molar-refractivity contribution in [2.24, 2.45) is 0 Å². The highest BCUT2D eigenvalue weighted by Crippen LogP contribution is 2.41. The van der Waals surface area contributed by atoms with Crippen LogP contribution in [-0.2, 0) is 12.8 Å². The molecule has 0 aromatic heterocycles. The predicted molar refractivity (Wildman–Crippen MR) is 99.8 cm³/mol. The second kappa shape index (κ2) is 8.37. The van der Waals surface area contributed by atoms with Crippen LogP contribution in [0.3, 0.4) is 0 Å². The van der Waals surface area contributed by atoms with Gasteiger partial charge in [0.25, 0.3) is 0 Å². The van der Waals surface area contributed by atoms with Crippen molar-refractivity contribution in [1.29, 1.82) is 0 Å². The number of rotatable bonds is 6. The normalized spacial score (nSPS) is 16.8. The minimum absolute atomic E-state index is 0.176. The van der Waals surface area contributed by atoms with E-state index < -0.39 is 0 Å². The van der Waals surface area contributed by atoms with Crippen LogP contribution < -0.4 is 14.8 Å². The number of aliphatic hydroxyl groups is 1. The Labute approximate surface area is 149 Å². The molecule has 0 aliphatic carbocycles. The summed E-state index contributed by atoms with van der Waals surface area (Å²) in [7, 11) is 3.38. The van der Waals surface area contributed by atoms with E-state index in [9.17, 15) is 5.11 Å². The Morgan fingerprint density at radius 2 is 1.96 bits per heavy atom. The van der Waals surface area contributed by atoms with E-state index in [0.29, 0.717) is 0 Å². The molecule has 1 aliphatic rings. The molecule has 4 heteroatoms. The summed E-state index contributed by atoms with van der Waals surface area (Å²) in [6.45, 7) is 2.03. The van der Waals surface area contributed by atoms with Crippen molar-refractivity contribution in [3.8, 4) is 11.5 Å². The molecular weight excluding hydrogens is 314 g/mol. The molecule has 0 radical (unpaired) electrons. The summed E-state index contributed by atoms with van der Waals surface area (Å²) in [5.41, 5.74) is 5.13. The Kier molecular flexibility index (Phi) is 5.95. The van der Waals surface area contributed by atoms with E-state index in [1.165, 1.54) is 22.3 Å². The topological polar surface area (TPSA) is 50.7 Å². The highest BCUT2D eigenvalue weighted by Gasteiger charge is 2.26. The molecule has 2 aromatic rings. The van der Waals surface area contributed by atoms with Crippen molar-refractivity contribution >= 4 is 0 Å². The average molecular weight is 341 g/mol. The quantitative estimate of drug-likeness (QED) is 0.848. The Balaban J connectivity index is 2.17. The van der Waals surface area contributed by atoms with E-state index in [1.54, 1.807) is 14.2 Å². The summed E-state index contributed by atoms with van der Waals surface area (Å²) in [5.74, 6) is 1.87. The second-order valence-corrected chi connectivity index (χ2v) is 6.40. The molecule has 0 fully saturated rings. The Hall–Kier alpha value is -2.04. The molecule has 4 nitrogen and oxygen atoms in total. The molecule has 0 saturated heterocycles. The fourth-order valence-electron chi connectivity index (χ4n) is 3.81. The number of nitrogens with one attached hydrogen (secondary N) is 1. The zero-order chi connectivity index (χ0) is 17.6. The first-order valence-electron chi connectivity index (χ1n) is 8.93. The van der Waals surface area contributed by atoms with Crippen LogP contribution in [0.4, 0.5) is 0 Å². The lowest BCUT2D eigenvalue weighted by molar-refractivity contribution is 0.287. The first-order valence-corrected chi connectivity index (χ1v) is 8.93. The first-order chi connectivity index (χ1) is 12.3. The molecule has 1 heterocycles. The number of benzene rings is 2. The molecule has 2 aromatic carbocycles. The molecule has 3 rings (SSSR count). The van der Waals surface area contributed by atoms with Crippen molar-refractivity contribution in [3.05, 3.63) is 58.7 Å². The molecule has 134 valence electrons. The van der Waals surface area contributed by atoms with Crippen LogP contribution in [0.1, 0.15) is 34.6 Å². The van der Waals surface area contributed by atoms with Gasteiger partial charge in [-0.2, -0.15) is 0 Å². The smallest absolute Gasteiger partial charge is 0.164 e. The standard InChI is InChI=1S/C21H27NO3/c1-24-20-13-18-16(17(9-6-12-23)21(20)25-2)10-11-22-14-19(18)15-7-4-3-5-8-15/h3-5,7-8,13,19,22-23H,6,9-12,14H2,1-2H3. The number of ether oxygens (including phenoxy) is 2. The van der Waals surface area contributed by atoms with Crippen LogP contribution >= 0.6 is 0 Å². The molecule has 1 atom stereocenters. The third-order valence-corrected chi connectivity index (χ3v) is 4.98. The highest BCUT2D eigenvalue weighted by molar-refractivity contribution is 5.57. The monoisotopic (exact) mass is 341 g/mol. The van der Waals surface area contributed by atoms with Crippen molar-refractivity contribution in [2.75, 3.05) is 33.9 Å². The minimum atomic E-state index is 0.176. The van der Waals surface area contributed by atoms with E-state index in [2.05, 4.69) is 41.7 Å². The lowest BCUT2D eigenvalue weighted by atomic mass is 9.84. The number of hydrogen-bond donors (Lipinski definition) is 2. The van der Waals surface area contributed by atoms with Crippen molar-refractivity contribution < 1.29 is 14.6 Å². The van der Waals surface area contributed by atoms with E-state index in [0.717, 1.165) is 43.9 Å². The summed E-state index contributed by atoms with van der Waals surface area (Å²) in [6.07, 6.45) is 2.47. The first kappa shape index (κ1) is 17.8. The number of fused-ring (bicyclic) bond motifs is 1. The van der Waals surface area contributed by atoms with Crippen LogP contribution in [0.5, 0.6) is 11.5 Å². The Morgan fingerprint density at radius 1 is 1.16 bits per heavy atom. The van der Waals surface area contributed by atoms with Gasteiger partial charge in [-0.3, -0.25) is 0 Å². The van der Waals surface area contributed by atoms with Gasteiger partial charge < -0.3 is 19.9 Å². The summed E-state index contributed by atoms with van der Waals surface area (Å²) in [4.78, 5) is 0. The van der Waals surface area contributed by atoms with Gasteiger partial charge in [0.1, 0.15) is 0 Å². The van der Waals surface area contributed by atoms with E-state index >= 15 is 0 Å². The molecule has 0 saturated carbocycles. The molecule has 25 heavy (non-hydrogen) atoms. The van der Waals surface area contributed by atoms with Crippen molar-refractivity contribution in [1.82, 2.24) is 5.32 Å². The maximum absolute atomic E-state index is 9.32. The molecule has 0 bridgehead atoms. The molecule has 1 aliphatic heterocycles. The lowest BCUT2D eigenvalue weighted by Crippen LogP contribution is -2.20. The maximum atomic E-state index is 9.32. The van der Waals surface area contributed by atoms with Crippen LogP contribution in [0.15, 0.2) is 36.4 Å². The Bertz CT molecular complexity index is 700. The van der Waals surface area contributed by atoms with Crippen LogP contribution in [-0.4, -0.2) is 39.0 Å².